The highest BCUT2D eigenvalue weighted by molar-refractivity contribution is 5.29. The van der Waals surface area contributed by atoms with Gasteiger partial charge in [-0.05, 0) is 31.0 Å². The fourth-order valence-corrected chi connectivity index (χ4v) is 2.02. The molecule has 0 fully saturated rings. The van der Waals surface area contributed by atoms with Crippen LogP contribution in [0.15, 0.2) is 28.8 Å². The Balaban J connectivity index is 2.10. The minimum absolute atomic E-state index is 0.0369. The van der Waals surface area contributed by atoms with Crippen LogP contribution in [0, 0.1) is 6.92 Å². The van der Waals surface area contributed by atoms with Crippen molar-refractivity contribution in [2.75, 3.05) is 0 Å². The first-order valence-electron chi connectivity index (χ1n) is 6.45. The van der Waals surface area contributed by atoms with E-state index in [1.54, 1.807) is 19.1 Å². The van der Waals surface area contributed by atoms with Crippen LogP contribution in [0.3, 0.4) is 0 Å². The van der Waals surface area contributed by atoms with Crippen LogP contribution in [0.25, 0.3) is 0 Å². The maximum atomic E-state index is 9.51. The molecular weight excluding hydrogens is 242 g/mol. The van der Waals surface area contributed by atoms with Crippen molar-refractivity contribution < 1.29 is 9.63 Å². The summed E-state index contributed by atoms with van der Waals surface area (Å²) in [6.45, 7) is 5.89. The minimum atomic E-state index is 0.0369. The zero-order valence-electron chi connectivity index (χ0n) is 11.4. The van der Waals surface area contributed by atoms with E-state index < -0.39 is 0 Å². The van der Waals surface area contributed by atoms with E-state index in [-0.39, 0.29) is 17.8 Å². The molecule has 0 bridgehead atoms. The number of phenolic OH excluding ortho intramolecular Hbond substituents is 1. The van der Waals surface area contributed by atoms with Crippen LogP contribution in [-0.2, 0) is 0 Å². The van der Waals surface area contributed by atoms with Gasteiger partial charge in [-0.2, -0.15) is 4.98 Å². The molecule has 0 radical (unpaired) electrons. The van der Waals surface area contributed by atoms with Gasteiger partial charge in [0.2, 0.25) is 5.89 Å². The molecule has 2 N–H and O–H groups in total. The lowest BCUT2D eigenvalue weighted by Crippen LogP contribution is -2.25. The van der Waals surface area contributed by atoms with Crippen molar-refractivity contribution in [3.8, 4) is 5.75 Å². The Morgan fingerprint density at radius 1 is 1.42 bits per heavy atom. The third-order valence-electron chi connectivity index (χ3n) is 3.08. The lowest BCUT2D eigenvalue weighted by Gasteiger charge is -2.20. The van der Waals surface area contributed by atoms with Gasteiger partial charge < -0.3 is 14.9 Å². The van der Waals surface area contributed by atoms with Crippen molar-refractivity contribution in [1.29, 1.82) is 0 Å². The summed E-state index contributed by atoms with van der Waals surface area (Å²) < 4.78 is 5.01. The highest BCUT2D eigenvalue weighted by atomic mass is 16.5. The molecule has 0 saturated carbocycles. The number of rotatable bonds is 5. The molecule has 19 heavy (non-hydrogen) atoms. The van der Waals surface area contributed by atoms with Gasteiger partial charge in [0, 0.05) is 13.0 Å². The molecule has 2 rings (SSSR count). The quantitative estimate of drug-likeness (QED) is 0.866. The van der Waals surface area contributed by atoms with E-state index in [1.807, 2.05) is 19.1 Å². The predicted molar refractivity (Wildman–Crippen MR) is 71.7 cm³/mol. The average Bonchev–Trinajstić information content (AvgIpc) is 2.82. The minimum Gasteiger partial charge on any atom is -0.508 e. The Kier molecular flexibility index (Phi) is 4.16. The number of nitrogens with one attached hydrogen (secondary N) is 1. The molecule has 2 atom stereocenters. The van der Waals surface area contributed by atoms with E-state index in [0.717, 1.165) is 12.0 Å². The number of phenols is 1. The van der Waals surface area contributed by atoms with Gasteiger partial charge in [0.25, 0.3) is 0 Å². The van der Waals surface area contributed by atoms with Crippen molar-refractivity contribution in [2.45, 2.75) is 39.3 Å². The van der Waals surface area contributed by atoms with Crippen molar-refractivity contribution in [2.24, 2.45) is 0 Å². The van der Waals surface area contributed by atoms with Crippen LogP contribution >= 0.6 is 0 Å². The molecule has 0 aliphatic carbocycles. The molecule has 2 aromatic rings. The van der Waals surface area contributed by atoms with E-state index in [4.69, 9.17) is 4.52 Å². The molecule has 0 aliphatic heterocycles. The molecule has 0 amide bonds. The summed E-state index contributed by atoms with van der Waals surface area (Å²) in [7, 11) is 0. The van der Waals surface area contributed by atoms with Gasteiger partial charge in [-0.15, -0.1) is 0 Å². The summed E-state index contributed by atoms with van der Waals surface area (Å²) in [5, 5.41) is 16.9. The summed E-state index contributed by atoms with van der Waals surface area (Å²) in [5.41, 5.74) is 1.03. The molecular formula is C14H19N3O2. The molecule has 0 spiro atoms. The highest BCUT2D eigenvalue weighted by Crippen LogP contribution is 2.22. The first-order chi connectivity index (χ1) is 9.10. The summed E-state index contributed by atoms with van der Waals surface area (Å²) >= 11 is 0. The van der Waals surface area contributed by atoms with Crippen molar-refractivity contribution in [1.82, 2.24) is 15.5 Å². The average molecular weight is 261 g/mol. The normalized spacial score (nSPS) is 14.3. The first kappa shape index (κ1) is 13.5. The summed E-state index contributed by atoms with van der Waals surface area (Å²) in [6.07, 6.45) is 0.863. The van der Waals surface area contributed by atoms with Gasteiger partial charge in [0.15, 0.2) is 5.82 Å². The molecule has 0 aliphatic rings. The Labute approximate surface area is 112 Å². The van der Waals surface area contributed by atoms with Crippen LogP contribution in [0.4, 0.5) is 0 Å². The molecule has 102 valence electrons. The van der Waals surface area contributed by atoms with Crippen molar-refractivity contribution in [3.05, 3.63) is 41.5 Å². The zero-order chi connectivity index (χ0) is 13.8. The first-order valence-corrected chi connectivity index (χ1v) is 6.45. The lowest BCUT2D eigenvalue weighted by atomic mass is 10.1. The van der Waals surface area contributed by atoms with Gasteiger partial charge >= 0.3 is 0 Å². The van der Waals surface area contributed by atoms with Gasteiger partial charge in [-0.3, -0.25) is 0 Å². The fraction of sp³-hybridized carbons (Fsp3) is 0.429. The topological polar surface area (TPSA) is 71.2 Å². The van der Waals surface area contributed by atoms with Crippen molar-refractivity contribution in [3.63, 3.8) is 0 Å². The van der Waals surface area contributed by atoms with Crippen LogP contribution < -0.4 is 5.32 Å². The molecule has 0 saturated heterocycles. The third kappa shape index (κ3) is 3.32. The summed E-state index contributed by atoms with van der Waals surface area (Å²) in [4.78, 5) is 4.26. The van der Waals surface area contributed by atoms with Gasteiger partial charge in [-0.25, -0.2) is 0 Å². The smallest absolute Gasteiger partial charge is 0.223 e. The second kappa shape index (κ2) is 5.84. The van der Waals surface area contributed by atoms with Gasteiger partial charge in [0.05, 0.1) is 6.04 Å². The standard InChI is InChI=1S/C14H19N3O2/c1-4-13(14-16-10(3)19-17-14)15-9(2)11-6-5-7-12(18)8-11/h5-9,13,15,18H,4H2,1-3H3/t9-,13-/m1/s1. The molecule has 1 aromatic heterocycles. The molecule has 5 heteroatoms. The predicted octanol–water partition coefficient (Wildman–Crippen LogP) is 2.89. The van der Waals surface area contributed by atoms with E-state index in [1.165, 1.54) is 0 Å². The molecule has 0 unspecified atom stereocenters. The number of aromatic hydroxyl groups is 1. The monoisotopic (exact) mass is 261 g/mol. The molecule has 1 aromatic carbocycles. The summed E-state index contributed by atoms with van der Waals surface area (Å²) in [5.74, 6) is 1.52. The molecule has 1 heterocycles. The highest BCUT2D eigenvalue weighted by Gasteiger charge is 2.18. The number of benzene rings is 1. The number of aromatic nitrogens is 2. The van der Waals surface area contributed by atoms with Crippen LogP contribution in [0.5, 0.6) is 5.75 Å². The second-order valence-electron chi connectivity index (χ2n) is 4.62. The Morgan fingerprint density at radius 2 is 2.21 bits per heavy atom. The SMILES string of the molecule is CC[C@@H](N[C@H](C)c1cccc(O)c1)c1noc(C)n1. The van der Waals surface area contributed by atoms with E-state index in [0.29, 0.717) is 11.7 Å². The largest absolute Gasteiger partial charge is 0.508 e. The Morgan fingerprint density at radius 3 is 2.79 bits per heavy atom. The van der Waals surface area contributed by atoms with E-state index in [2.05, 4.69) is 22.4 Å². The number of hydrogen-bond acceptors (Lipinski definition) is 5. The maximum Gasteiger partial charge on any atom is 0.223 e. The number of aryl methyl sites for hydroxylation is 1. The Hall–Kier alpha value is -1.88. The number of hydrogen-bond donors (Lipinski definition) is 2. The van der Waals surface area contributed by atoms with Gasteiger partial charge in [-0.1, -0.05) is 24.2 Å². The van der Waals surface area contributed by atoms with Crippen LogP contribution in [-0.4, -0.2) is 15.2 Å². The van der Waals surface area contributed by atoms with E-state index >= 15 is 0 Å². The maximum absolute atomic E-state index is 9.51. The third-order valence-corrected chi connectivity index (χ3v) is 3.08. The van der Waals surface area contributed by atoms with Crippen molar-refractivity contribution >= 4 is 0 Å². The lowest BCUT2D eigenvalue weighted by molar-refractivity contribution is 0.367. The summed E-state index contributed by atoms with van der Waals surface area (Å²) in [6, 6.07) is 7.36. The van der Waals surface area contributed by atoms with Crippen LogP contribution in [0.2, 0.25) is 0 Å². The van der Waals surface area contributed by atoms with E-state index in [9.17, 15) is 5.11 Å². The number of nitrogens with zero attached hydrogens (tertiary/aromatic N) is 2. The second-order valence-corrected chi connectivity index (χ2v) is 4.62. The fourth-order valence-electron chi connectivity index (χ4n) is 2.02. The van der Waals surface area contributed by atoms with Gasteiger partial charge in [0.1, 0.15) is 5.75 Å². The Bertz CT molecular complexity index is 539. The zero-order valence-corrected chi connectivity index (χ0v) is 11.4. The molecule has 5 nitrogen and oxygen atoms in total. The van der Waals surface area contributed by atoms with Crippen LogP contribution in [0.1, 0.15) is 49.6 Å².